The van der Waals surface area contributed by atoms with Crippen molar-refractivity contribution in [3.8, 4) is 0 Å². The van der Waals surface area contributed by atoms with Crippen LogP contribution in [-0.4, -0.2) is 27.7 Å². The van der Waals surface area contributed by atoms with Crippen molar-refractivity contribution in [1.82, 2.24) is 5.32 Å². The number of nitrogens with zero attached hydrogens (tertiary/aromatic N) is 1. The molecule has 0 aliphatic heterocycles. The van der Waals surface area contributed by atoms with Crippen molar-refractivity contribution in [2.75, 3.05) is 6.61 Å². The Morgan fingerprint density at radius 2 is 2.14 bits per heavy atom. The summed E-state index contributed by atoms with van der Waals surface area (Å²) in [6, 6.07) is 3.91. The zero-order valence-corrected chi connectivity index (χ0v) is 12.5. The Hall–Kier alpha value is -1.57. The van der Waals surface area contributed by atoms with Gasteiger partial charge in [0.1, 0.15) is 12.6 Å². The molecule has 10 heteroatoms. The fraction of sp³-hybridized carbons (Fsp3) is 0.273. The molecule has 0 saturated carbocycles. The fourth-order valence-corrected chi connectivity index (χ4v) is 1.47. The molecule has 0 aromatic heterocycles. The lowest BCUT2D eigenvalue weighted by molar-refractivity contribution is -0.384. The molecule has 0 saturated heterocycles. The van der Waals surface area contributed by atoms with E-state index in [-0.39, 0.29) is 11.3 Å². The van der Waals surface area contributed by atoms with Crippen molar-refractivity contribution in [1.29, 1.82) is 0 Å². The Bertz CT molecular complexity index is 547. The molecule has 0 spiro atoms. The molecule has 0 fully saturated rings. The molecule has 21 heavy (non-hydrogen) atoms. The molecule has 1 N–H and O–H groups in total. The van der Waals surface area contributed by atoms with Crippen LogP contribution in [0.2, 0.25) is 0 Å². The van der Waals surface area contributed by atoms with Gasteiger partial charge in [-0.1, -0.05) is 46.9 Å². The predicted octanol–water partition coefficient (Wildman–Crippen LogP) is 2.84. The molecule has 0 bridgehead atoms. The number of rotatable bonds is 5. The van der Waals surface area contributed by atoms with E-state index in [9.17, 15) is 19.7 Å². The number of hydrogen-bond acceptors (Lipinski definition) is 5. The molecule has 1 unspecified atom stereocenters. The largest absolute Gasteiger partial charge is 0.445 e. The topological polar surface area (TPSA) is 98.5 Å². The van der Waals surface area contributed by atoms with E-state index in [2.05, 4.69) is 10.1 Å². The Kier molecular flexibility index (Phi) is 6.19. The summed E-state index contributed by atoms with van der Waals surface area (Å²) in [5.41, 5.74) is -0.0609. The van der Waals surface area contributed by atoms with E-state index in [0.29, 0.717) is 0 Å². The molecule has 113 valence electrons. The van der Waals surface area contributed by atoms with Gasteiger partial charge in [0, 0.05) is 12.1 Å². The normalized spacial score (nSPS) is 12.3. The minimum atomic E-state index is -1.79. The van der Waals surface area contributed by atoms with E-state index in [1.807, 2.05) is 0 Å². The molecule has 7 nitrogen and oxygen atoms in total. The Labute approximate surface area is 134 Å². The fourth-order valence-electron chi connectivity index (χ4n) is 1.31. The van der Waals surface area contributed by atoms with Crippen LogP contribution in [0.3, 0.4) is 0 Å². The van der Waals surface area contributed by atoms with Crippen molar-refractivity contribution >= 4 is 52.9 Å². The molecule has 0 aliphatic rings. The molecule has 1 atom stereocenters. The van der Waals surface area contributed by atoms with Crippen molar-refractivity contribution in [3.63, 3.8) is 0 Å². The third-order valence-electron chi connectivity index (χ3n) is 2.16. The van der Waals surface area contributed by atoms with Gasteiger partial charge in [0.05, 0.1) is 4.92 Å². The van der Waals surface area contributed by atoms with E-state index >= 15 is 0 Å². The van der Waals surface area contributed by atoms with Crippen LogP contribution in [0.1, 0.15) is 11.6 Å². The number of nitrogens with one attached hydrogen (secondary N) is 1. The van der Waals surface area contributed by atoms with Gasteiger partial charge in [0.25, 0.3) is 5.69 Å². The summed E-state index contributed by atoms with van der Waals surface area (Å²) in [6.07, 6.45) is 0.502. The van der Waals surface area contributed by atoms with Crippen LogP contribution in [0.25, 0.3) is 0 Å². The average Bonchev–Trinajstić information content (AvgIpc) is 2.42. The molecule has 1 aromatic rings. The molecular weight excluding hydrogens is 346 g/mol. The summed E-state index contributed by atoms with van der Waals surface area (Å²) in [5, 5.41) is 12.8. The first-order chi connectivity index (χ1) is 9.73. The number of amides is 1. The highest BCUT2D eigenvalue weighted by atomic mass is 35.6. The molecule has 1 rings (SSSR count). The van der Waals surface area contributed by atoms with Gasteiger partial charge in [-0.05, 0) is 5.56 Å². The first-order valence-corrected chi connectivity index (χ1v) is 6.48. The van der Waals surface area contributed by atoms with Gasteiger partial charge in [-0.15, -0.1) is 0 Å². The zero-order chi connectivity index (χ0) is 16.0. The predicted molar refractivity (Wildman–Crippen MR) is 76.3 cm³/mol. The minimum absolute atomic E-state index is 0.171. The number of nitro groups is 1. The molecule has 1 aromatic carbocycles. The van der Waals surface area contributed by atoms with Gasteiger partial charge < -0.3 is 10.1 Å². The minimum Gasteiger partial charge on any atom is -0.445 e. The van der Waals surface area contributed by atoms with Crippen molar-refractivity contribution in [2.45, 2.75) is 9.83 Å². The lowest BCUT2D eigenvalue weighted by atomic mass is 10.1. The van der Waals surface area contributed by atoms with Gasteiger partial charge in [0.15, 0.2) is 0 Å². The summed E-state index contributed by atoms with van der Waals surface area (Å²) >= 11 is 16.2. The summed E-state index contributed by atoms with van der Waals surface area (Å²) in [4.78, 5) is 32.3. The van der Waals surface area contributed by atoms with E-state index in [1.165, 1.54) is 24.5 Å². The van der Waals surface area contributed by atoms with Crippen LogP contribution in [0.5, 0.6) is 0 Å². The van der Waals surface area contributed by atoms with Crippen LogP contribution in [0.15, 0.2) is 24.3 Å². The second kappa shape index (κ2) is 7.44. The van der Waals surface area contributed by atoms with Gasteiger partial charge >= 0.3 is 6.09 Å². The maximum atomic E-state index is 11.4. The van der Waals surface area contributed by atoms with Crippen molar-refractivity contribution in [2.24, 2.45) is 0 Å². The third kappa shape index (κ3) is 6.16. The number of carbonyl (C=O) groups excluding carboxylic acids is 2. The lowest BCUT2D eigenvalue weighted by Gasteiger charge is -2.15. The first kappa shape index (κ1) is 17.5. The van der Waals surface area contributed by atoms with E-state index in [0.717, 1.165) is 6.07 Å². The maximum Gasteiger partial charge on any atom is 0.408 e. The quantitative estimate of drug-likeness (QED) is 0.498. The smallest absolute Gasteiger partial charge is 0.408 e. The number of non-ortho nitro benzene ring substituents is 1. The number of ether oxygens (including phenoxy) is 1. The van der Waals surface area contributed by atoms with Gasteiger partial charge in [-0.2, -0.15) is 0 Å². The van der Waals surface area contributed by atoms with E-state index in [1.54, 1.807) is 0 Å². The molecule has 0 heterocycles. The third-order valence-corrected chi connectivity index (χ3v) is 2.49. The monoisotopic (exact) mass is 353 g/mol. The van der Waals surface area contributed by atoms with Crippen LogP contribution < -0.4 is 5.32 Å². The number of benzene rings is 1. The van der Waals surface area contributed by atoms with Gasteiger partial charge in [-0.25, -0.2) is 4.79 Å². The standard InChI is InChI=1S/C11H8Cl3N2O5/c12-11(13,14)6-21-10(18)15-9(5-17)7-2-1-3-8(4-7)16(19)20/h1-4,9H,6H2,(H,15,18). The highest BCUT2D eigenvalue weighted by molar-refractivity contribution is 6.67. The number of halogens is 3. The van der Waals surface area contributed by atoms with Crippen molar-refractivity contribution < 1.29 is 19.2 Å². The van der Waals surface area contributed by atoms with Crippen LogP contribution in [0.4, 0.5) is 10.5 Å². The summed E-state index contributed by atoms with van der Waals surface area (Å²) < 4.78 is 2.79. The second-order valence-corrected chi connectivity index (χ2v) is 6.25. The van der Waals surface area contributed by atoms with Crippen LogP contribution in [0, 0.1) is 10.1 Å². The lowest BCUT2D eigenvalue weighted by Crippen LogP contribution is -2.32. The van der Waals surface area contributed by atoms with Crippen LogP contribution >= 0.6 is 34.8 Å². The summed E-state index contributed by atoms with van der Waals surface area (Å²) in [6.45, 7) is -0.524. The number of hydrogen-bond donors (Lipinski definition) is 1. The van der Waals surface area contributed by atoms with Crippen LogP contribution in [-0.2, 0) is 9.53 Å². The van der Waals surface area contributed by atoms with Gasteiger partial charge in [0.2, 0.25) is 10.1 Å². The molecular formula is C11H8Cl3N2O5. The maximum absolute atomic E-state index is 11.4. The summed E-state index contributed by atoms with van der Waals surface area (Å²) in [5.74, 6) is 0. The molecule has 0 aliphatic carbocycles. The van der Waals surface area contributed by atoms with E-state index < -0.39 is 27.5 Å². The average molecular weight is 355 g/mol. The van der Waals surface area contributed by atoms with E-state index in [4.69, 9.17) is 34.8 Å². The Morgan fingerprint density at radius 3 is 2.67 bits per heavy atom. The Morgan fingerprint density at radius 1 is 1.48 bits per heavy atom. The highest BCUT2D eigenvalue weighted by Crippen LogP contribution is 2.26. The number of alkyl carbamates (subject to hydrolysis) is 1. The summed E-state index contributed by atoms with van der Waals surface area (Å²) in [7, 11) is 0. The second-order valence-electron chi connectivity index (χ2n) is 3.74. The Balaban J connectivity index is 2.75. The molecule has 1 radical (unpaired) electrons. The highest BCUT2D eigenvalue weighted by Gasteiger charge is 2.24. The number of nitro benzene ring substituents is 1. The zero-order valence-electron chi connectivity index (χ0n) is 10.2. The molecule has 1 amide bonds. The first-order valence-electron chi connectivity index (χ1n) is 5.35. The number of carbonyl (C=O) groups is 1. The van der Waals surface area contributed by atoms with Crippen molar-refractivity contribution in [3.05, 3.63) is 39.9 Å². The SMILES string of the molecule is O=[C]C(NC(=O)OCC(Cl)(Cl)Cl)c1cccc([N+](=O)[O-])c1. The number of alkyl halides is 3. The van der Waals surface area contributed by atoms with Gasteiger partial charge in [-0.3, -0.25) is 14.9 Å².